The van der Waals surface area contributed by atoms with Crippen molar-refractivity contribution in [3.05, 3.63) is 12.4 Å². The Hall–Kier alpha value is -1.89. The van der Waals surface area contributed by atoms with Crippen LogP contribution >= 0.6 is 0 Å². The molecule has 3 N–H and O–H groups in total. The topological polar surface area (TPSA) is 87.4 Å². The number of carbonyl (C=O) groups is 1. The van der Waals surface area contributed by atoms with E-state index in [1.165, 1.54) is 0 Å². The molecule has 0 spiro atoms. The smallest absolute Gasteiger partial charge is 0.209 e. The normalized spacial score (nSPS) is 15.6. The van der Waals surface area contributed by atoms with Crippen LogP contribution in [0.15, 0.2) is 12.4 Å². The van der Waals surface area contributed by atoms with E-state index in [1.807, 2.05) is 0 Å². The molecule has 1 saturated heterocycles. The predicted molar refractivity (Wildman–Crippen MR) is 69.4 cm³/mol. The number of aromatic nitrogens is 2. The highest BCUT2D eigenvalue weighted by Gasteiger charge is 2.16. The van der Waals surface area contributed by atoms with Crippen molar-refractivity contribution in [2.24, 2.45) is 5.73 Å². The van der Waals surface area contributed by atoms with Gasteiger partial charge in [-0.15, -0.1) is 0 Å². The fraction of sp³-hybridized carbons (Fsp3) is 0.545. The Morgan fingerprint density at radius 2 is 2.06 bits per heavy atom. The molecule has 1 aliphatic rings. The lowest BCUT2D eigenvalue weighted by Crippen LogP contribution is -2.46. The summed E-state index contributed by atoms with van der Waals surface area (Å²) in [6.07, 6.45) is 4.34. The van der Waals surface area contributed by atoms with Gasteiger partial charge in [-0.3, -0.25) is 4.79 Å². The number of nitrogens with zero attached hydrogens (tertiary/aromatic N) is 4. The predicted octanol–water partition coefficient (Wildman–Crippen LogP) is -0.874. The quantitative estimate of drug-likeness (QED) is 0.660. The molecule has 0 radical (unpaired) electrons. The van der Waals surface area contributed by atoms with Crippen LogP contribution in [0.5, 0.6) is 0 Å². The van der Waals surface area contributed by atoms with Crippen LogP contribution in [0.2, 0.25) is 0 Å². The van der Waals surface area contributed by atoms with Crippen molar-refractivity contribution in [2.75, 3.05) is 49.5 Å². The van der Waals surface area contributed by atoms with Gasteiger partial charge < -0.3 is 20.9 Å². The van der Waals surface area contributed by atoms with E-state index in [9.17, 15) is 4.79 Å². The second-order valence-corrected chi connectivity index (χ2v) is 4.10. The molecule has 0 saturated carbocycles. The van der Waals surface area contributed by atoms with Gasteiger partial charge in [-0.2, -0.15) is 0 Å². The number of carbonyl (C=O) groups excluding carboxylic acids is 1. The van der Waals surface area contributed by atoms with Gasteiger partial charge >= 0.3 is 0 Å². The number of rotatable bonds is 5. The van der Waals surface area contributed by atoms with E-state index in [2.05, 4.69) is 20.2 Å². The summed E-state index contributed by atoms with van der Waals surface area (Å²) in [4.78, 5) is 23.1. The lowest BCUT2D eigenvalue weighted by atomic mass is 10.3. The number of nitrogens with two attached hydrogens (primary N) is 1. The van der Waals surface area contributed by atoms with Gasteiger partial charge in [0.15, 0.2) is 0 Å². The minimum absolute atomic E-state index is 0.567. The lowest BCUT2D eigenvalue weighted by Gasteiger charge is -2.33. The minimum Gasteiger partial charge on any atom is -0.368 e. The highest BCUT2D eigenvalue weighted by molar-refractivity contribution is 5.49. The largest absolute Gasteiger partial charge is 0.368 e. The van der Waals surface area contributed by atoms with Gasteiger partial charge in [-0.05, 0) is 0 Å². The molecule has 0 aliphatic carbocycles. The summed E-state index contributed by atoms with van der Waals surface area (Å²) >= 11 is 0. The van der Waals surface area contributed by atoms with Crippen LogP contribution in [-0.2, 0) is 4.79 Å². The van der Waals surface area contributed by atoms with Crippen LogP contribution in [-0.4, -0.2) is 60.5 Å². The van der Waals surface area contributed by atoms with Gasteiger partial charge in [0.25, 0.3) is 0 Å². The Morgan fingerprint density at radius 3 is 2.61 bits per heavy atom. The number of nitrogens with one attached hydrogen (secondary N) is 1. The Balaban J connectivity index is 1.91. The zero-order chi connectivity index (χ0) is 12.8. The molecule has 18 heavy (non-hydrogen) atoms. The van der Waals surface area contributed by atoms with Gasteiger partial charge in [0.05, 0.1) is 12.4 Å². The van der Waals surface area contributed by atoms with E-state index in [4.69, 9.17) is 5.73 Å². The molecule has 2 rings (SSSR count). The molecule has 1 aromatic rings. The number of amides is 1. The van der Waals surface area contributed by atoms with Crippen molar-refractivity contribution in [3.8, 4) is 0 Å². The van der Waals surface area contributed by atoms with Gasteiger partial charge in [0.1, 0.15) is 11.6 Å². The van der Waals surface area contributed by atoms with Gasteiger partial charge in [0.2, 0.25) is 6.41 Å². The van der Waals surface area contributed by atoms with Gasteiger partial charge in [0, 0.05) is 39.3 Å². The zero-order valence-electron chi connectivity index (χ0n) is 10.2. The van der Waals surface area contributed by atoms with E-state index >= 15 is 0 Å². The third kappa shape index (κ3) is 3.07. The maximum atomic E-state index is 10.6. The summed E-state index contributed by atoms with van der Waals surface area (Å²) in [5.41, 5.74) is 5.40. The maximum absolute atomic E-state index is 10.6. The van der Waals surface area contributed by atoms with Crippen LogP contribution in [0.3, 0.4) is 0 Å². The number of anilines is 2. The van der Waals surface area contributed by atoms with E-state index in [0.717, 1.165) is 44.2 Å². The molecule has 1 aliphatic heterocycles. The lowest BCUT2D eigenvalue weighted by molar-refractivity contribution is -0.118. The first-order chi connectivity index (χ1) is 8.83. The van der Waals surface area contributed by atoms with Crippen molar-refractivity contribution in [2.45, 2.75) is 0 Å². The molecule has 0 bridgehead atoms. The van der Waals surface area contributed by atoms with Crippen LogP contribution in [0.1, 0.15) is 0 Å². The fourth-order valence-corrected chi connectivity index (χ4v) is 1.83. The van der Waals surface area contributed by atoms with Gasteiger partial charge in [-0.25, -0.2) is 9.97 Å². The molecule has 2 heterocycles. The second-order valence-electron chi connectivity index (χ2n) is 4.10. The second kappa shape index (κ2) is 6.15. The molecule has 7 nitrogen and oxygen atoms in total. The number of hydrogen-bond donors (Lipinski definition) is 2. The summed E-state index contributed by atoms with van der Waals surface area (Å²) in [5, 5.41) is 3.07. The van der Waals surface area contributed by atoms with E-state index in [0.29, 0.717) is 13.1 Å². The first-order valence-corrected chi connectivity index (χ1v) is 6.04. The summed E-state index contributed by atoms with van der Waals surface area (Å²) < 4.78 is 0. The summed E-state index contributed by atoms with van der Waals surface area (Å²) in [5.74, 6) is 1.58. The molecule has 0 aromatic carbocycles. The molecule has 0 unspecified atom stereocenters. The average molecular weight is 250 g/mol. The highest BCUT2D eigenvalue weighted by atomic mass is 16.1. The summed E-state index contributed by atoms with van der Waals surface area (Å²) in [7, 11) is 0. The fourth-order valence-electron chi connectivity index (χ4n) is 1.83. The van der Waals surface area contributed by atoms with Crippen LogP contribution in [0.25, 0.3) is 0 Å². The van der Waals surface area contributed by atoms with Crippen LogP contribution in [0.4, 0.5) is 11.6 Å². The molecule has 1 fully saturated rings. The number of piperazine rings is 1. The third-order valence-electron chi connectivity index (χ3n) is 2.88. The molecule has 0 atom stereocenters. The highest BCUT2D eigenvalue weighted by Crippen LogP contribution is 2.12. The van der Waals surface area contributed by atoms with Crippen molar-refractivity contribution in [1.29, 1.82) is 0 Å². The molecule has 98 valence electrons. The van der Waals surface area contributed by atoms with E-state index in [-0.39, 0.29) is 0 Å². The molecule has 7 heteroatoms. The number of hydrogen-bond acceptors (Lipinski definition) is 6. The zero-order valence-corrected chi connectivity index (χ0v) is 10.2. The van der Waals surface area contributed by atoms with Crippen molar-refractivity contribution in [3.63, 3.8) is 0 Å². The Bertz CT molecular complexity index is 374. The van der Waals surface area contributed by atoms with E-state index < -0.39 is 0 Å². The Morgan fingerprint density at radius 1 is 1.28 bits per heavy atom. The average Bonchev–Trinajstić information content (AvgIpc) is 2.46. The molecule has 1 aromatic heterocycles. The van der Waals surface area contributed by atoms with Gasteiger partial charge in [-0.1, -0.05) is 0 Å². The minimum atomic E-state index is 0.567. The maximum Gasteiger partial charge on any atom is 0.209 e. The standard InChI is InChI=1S/C11H18N6O/c12-1-2-13-10-7-15-11(8-14-10)17-5-3-16(9-18)4-6-17/h7-9H,1-6,12H2,(H,13,14). The van der Waals surface area contributed by atoms with Crippen molar-refractivity contribution >= 4 is 18.0 Å². The molecular formula is C11H18N6O. The monoisotopic (exact) mass is 250 g/mol. The summed E-state index contributed by atoms with van der Waals surface area (Å²) in [6.45, 7) is 4.31. The Kier molecular flexibility index (Phi) is 4.30. The van der Waals surface area contributed by atoms with Crippen LogP contribution < -0.4 is 16.0 Å². The van der Waals surface area contributed by atoms with Crippen molar-refractivity contribution in [1.82, 2.24) is 14.9 Å². The molecule has 1 amide bonds. The van der Waals surface area contributed by atoms with E-state index in [1.54, 1.807) is 17.3 Å². The Labute approximate surface area is 106 Å². The molecular weight excluding hydrogens is 232 g/mol. The van der Waals surface area contributed by atoms with Crippen molar-refractivity contribution < 1.29 is 4.79 Å². The first kappa shape index (κ1) is 12.6. The SMILES string of the molecule is NCCNc1cnc(N2CCN(C=O)CC2)cn1. The summed E-state index contributed by atoms with van der Waals surface area (Å²) in [6, 6.07) is 0. The first-order valence-electron chi connectivity index (χ1n) is 6.04. The third-order valence-corrected chi connectivity index (χ3v) is 2.88. The van der Waals surface area contributed by atoms with Crippen LogP contribution in [0, 0.1) is 0 Å².